The molecule has 0 fully saturated rings. The van der Waals surface area contributed by atoms with E-state index in [-0.39, 0.29) is 19.1 Å². The maximum absolute atomic E-state index is 12.3. The standard InChI is InChI=1S/C13H17N3O3/c1-16(7-9(17)8-19-2)13(18)12-10-5-3-4-6-11(10)14-15-12/h3-6,9,17H,7-8H2,1-2H3,(H,14,15). The van der Waals surface area contributed by atoms with Gasteiger partial charge in [-0.3, -0.25) is 9.89 Å². The van der Waals surface area contributed by atoms with Crippen LogP contribution in [0.2, 0.25) is 0 Å². The Bertz CT molecular complexity index is 567. The summed E-state index contributed by atoms with van der Waals surface area (Å²) >= 11 is 0. The van der Waals surface area contributed by atoms with Crippen LogP contribution in [0.15, 0.2) is 24.3 Å². The number of carbonyl (C=O) groups excluding carboxylic acids is 1. The average Bonchev–Trinajstić information content (AvgIpc) is 2.81. The Morgan fingerprint density at radius 2 is 2.26 bits per heavy atom. The van der Waals surface area contributed by atoms with Crippen LogP contribution in [0.1, 0.15) is 10.5 Å². The number of fused-ring (bicyclic) bond motifs is 1. The van der Waals surface area contributed by atoms with Crippen LogP contribution in [0.25, 0.3) is 10.9 Å². The fraction of sp³-hybridized carbons (Fsp3) is 0.385. The Hall–Kier alpha value is -1.92. The molecule has 1 heterocycles. The molecule has 2 aromatic rings. The van der Waals surface area contributed by atoms with Gasteiger partial charge < -0.3 is 14.7 Å². The number of hydrogen-bond acceptors (Lipinski definition) is 4. The van der Waals surface area contributed by atoms with Crippen molar-refractivity contribution in [2.24, 2.45) is 0 Å². The highest BCUT2D eigenvalue weighted by atomic mass is 16.5. The number of para-hydroxylation sites is 1. The minimum absolute atomic E-state index is 0.193. The fourth-order valence-corrected chi connectivity index (χ4v) is 1.95. The van der Waals surface area contributed by atoms with Gasteiger partial charge in [-0.1, -0.05) is 18.2 Å². The molecule has 0 aliphatic heterocycles. The van der Waals surface area contributed by atoms with Gasteiger partial charge in [0.15, 0.2) is 5.69 Å². The zero-order chi connectivity index (χ0) is 13.8. The van der Waals surface area contributed by atoms with Crippen LogP contribution in [0.5, 0.6) is 0 Å². The Morgan fingerprint density at radius 1 is 1.53 bits per heavy atom. The van der Waals surface area contributed by atoms with Gasteiger partial charge in [0.1, 0.15) is 0 Å². The summed E-state index contributed by atoms with van der Waals surface area (Å²) < 4.78 is 4.84. The number of rotatable bonds is 5. The number of likely N-dealkylation sites (N-methyl/N-ethyl adjacent to an activating group) is 1. The second-order valence-corrected chi connectivity index (χ2v) is 4.41. The van der Waals surface area contributed by atoms with Gasteiger partial charge in [0, 0.05) is 26.1 Å². The van der Waals surface area contributed by atoms with Crippen molar-refractivity contribution in [1.29, 1.82) is 0 Å². The first kappa shape index (κ1) is 13.5. The first-order chi connectivity index (χ1) is 9.13. The summed E-state index contributed by atoms with van der Waals surface area (Å²) in [4.78, 5) is 13.7. The summed E-state index contributed by atoms with van der Waals surface area (Å²) in [5.74, 6) is -0.229. The van der Waals surface area contributed by atoms with Gasteiger partial charge in [-0.15, -0.1) is 0 Å². The third kappa shape index (κ3) is 2.91. The van der Waals surface area contributed by atoms with Crippen molar-refractivity contribution in [3.8, 4) is 0 Å². The number of aromatic nitrogens is 2. The molecule has 0 spiro atoms. The number of carbonyl (C=O) groups is 1. The molecule has 0 aliphatic rings. The topological polar surface area (TPSA) is 78.5 Å². The third-order valence-corrected chi connectivity index (χ3v) is 2.86. The molecule has 1 amide bonds. The molecule has 0 radical (unpaired) electrons. The number of ether oxygens (including phenoxy) is 1. The van der Waals surface area contributed by atoms with E-state index in [1.807, 2.05) is 24.3 Å². The van der Waals surface area contributed by atoms with Crippen molar-refractivity contribution in [3.05, 3.63) is 30.0 Å². The first-order valence-electron chi connectivity index (χ1n) is 5.99. The van der Waals surface area contributed by atoms with E-state index in [4.69, 9.17) is 4.74 Å². The molecule has 1 aromatic carbocycles. The van der Waals surface area contributed by atoms with Gasteiger partial charge in [-0.2, -0.15) is 5.10 Å². The van der Waals surface area contributed by atoms with Gasteiger partial charge in [0.05, 0.1) is 18.2 Å². The van der Waals surface area contributed by atoms with Gasteiger partial charge >= 0.3 is 0 Å². The molecule has 6 heteroatoms. The Morgan fingerprint density at radius 3 is 3.00 bits per heavy atom. The maximum atomic E-state index is 12.3. The molecule has 0 aliphatic carbocycles. The molecule has 0 saturated heterocycles. The number of nitrogens with zero attached hydrogens (tertiary/aromatic N) is 2. The highest BCUT2D eigenvalue weighted by molar-refractivity contribution is 6.04. The fourth-order valence-electron chi connectivity index (χ4n) is 1.95. The lowest BCUT2D eigenvalue weighted by Crippen LogP contribution is -2.36. The van der Waals surface area contributed by atoms with Crippen LogP contribution in [0.3, 0.4) is 0 Å². The average molecular weight is 263 g/mol. The maximum Gasteiger partial charge on any atom is 0.274 e. The van der Waals surface area contributed by atoms with E-state index < -0.39 is 6.10 Å². The lowest BCUT2D eigenvalue weighted by Gasteiger charge is -2.19. The van der Waals surface area contributed by atoms with Crippen LogP contribution < -0.4 is 0 Å². The van der Waals surface area contributed by atoms with Crippen molar-refractivity contribution in [2.45, 2.75) is 6.10 Å². The molecule has 1 aromatic heterocycles. The van der Waals surface area contributed by atoms with Crippen LogP contribution in [0.4, 0.5) is 0 Å². The van der Waals surface area contributed by atoms with Crippen molar-refractivity contribution in [2.75, 3.05) is 27.3 Å². The summed E-state index contributed by atoms with van der Waals surface area (Å²) in [6.45, 7) is 0.396. The number of methoxy groups -OCH3 is 1. The van der Waals surface area contributed by atoms with Crippen molar-refractivity contribution in [1.82, 2.24) is 15.1 Å². The molecule has 0 saturated carbocycles. The minimum atomic E-state index is -0.704. The smallest absolute Gasteiger partial charge is 0.274 e. The second-order valence-electron chi connectivity index (χ2n) is 4.41. The van der Waals surface area contributed by atoms with Gasteiger partial charge in [-0.05, 0) is 6.07 Å². The van der Waals surface area contributed by atoms with Gasteiger partial charge in [0.25, 0.3) is 5.91 Å². The highest BCUT2D eigenvalue weighted by Gasteiger charge is 2.19. The van der Waals surface area contributed by atoms with Crippen LogP contribution >= 0.6 is 0 Å². The molecule has 2 rings (SSSR count). The summed E-state index contributed by atoms with van der Waals surface area (Å²) in [5, 5.41) is 17.3. The largest absolute Gasteiger partial charge is 0.389 e. The lowest BCUT2D eigenvalue weighted by molar-refractivity contribution is 0.0378. The van der Waals surface area contributed by atoms with Gasteiger partial charge in [-0.25, -0.2) is 0 Å². The monoisotopic (exact) mass is 263 g/mol. The number of hydrogen-bond donors (Lipinski definition) is 2. The SMILES string of the molecule is COCC(O)CN(C)C(=O)c1n[nH]c2ccccc12. The van der Waals surface area contributed by atoms with E-state index in [2.05, 4.69) is 10.2 Å². The zero-order valence-electron chi connectivity index (χ0n) is 11.0. The number of nitrogens with one attached hydrogen (secondary N) is 1. The zero-order valence-corrected chi connectivity index (χ0v) is 11.0. The molecule has 6 nitrogen and oxygen atoms in total. The van der Waals surface area contributed by atoms with E-state index in [1.54, 1.807) is 7.05 Å². The molecule has 2 N–H and O–H groups in total. The molecule has 1 unspecified atom stereocenters. The Kier molecular flexibility index (Phi) is 4.13. The summed E-state index contributed by atoms with van der Waals surface area (Å²) in [6.07, 6.45) is -0.704. The number of amides is 1. The van der Waals surface area contributed by atoms with Crippen LogP contribution in [0, 0.1) is 0 Å². The predicted octanol–water partition coefficient (Wildman–Crippen LogP) is 0.642. The van der Waals surface area contributed by atoms with Crippen molar-refractivity contribution in [3.63, 3.8) is 0 Å². The predicted molar refractivity (Wildman–Crippen MR) is 70.9 cm³/mol. The van der Waals surface area contributed by atoms with Crippen LogP contribution in [-0.2, 0) is 4.74 Å². The van der Waals surface area contributed by atoms with E-state index in [0.29, 0.717) is 5.69 Å². The molecule has 102 valence electrons. The molecule has 1 atom stereocenters. The summed E-state index contributed by atoms with van der Waals surface area (Å²) in [7, 11) is 3.14. The Balaban J connectivity index is 2.15. The number of aliphatic hydroxyl groups excluding tert-OH is 1. The van der Waals surface area contributed by atoms with Crippen molar-refractivity contribution >= 4 is 16.8 Å². The van der Waals surface area contributed by atoms with E-state index in [1.165, 1.54) is 12.0 Å². The summed E-state index contributed by atoms with van der Waals surface area (Å²) in [5.41, 5.74) is 1.18. The van der Waals surface area contributed by atoms with Crippen LogP contribution in [-0.4, -0.2) is 59.5 Å². The van der Waals surface area contributed by atoms with Gasteiger partial charge in [0.2, 0.25) is 0 Å². The minimum Gasteiger partial charge on any atom is -0.389 e. The lowest BCUT2D eigenvalue weighted by atomic mass is 10.2. The second kappa shape index (κ2) is 5.81. The summed E-state index contributed by atoms with van der Waals surface area (Å²) in [6, 6.07) is 7.43. The number of benzene rings is 1. The number of H-pyrrole nitrogens is 1. The Labute approximate surface area is 111 Å². The number of aromatic amines is 1. The first-order valence-corrected chi connectivity index (χ1v) is 5.99. The third-order valence-electron chi connectivity index (χ3n) is 2.86. The van der Waals surface area contributed by atoms with Crippen molar-refractivity contribution < 1.29 is 14.6 Å². The number of aliphatic hydroxyl groups is 1. The quantitative estimate of drug-likeness (QED) is 0.830. The van der Waals surface area contributed by atoms with E-state index >= 15 is 0 Å². The molecular weight excluding hydrogens is 246 g/mol. The van der Waals surface area contributed by atoms with E-state index in [9.17, 15) is 9.90 Å². The molecular formula is C13H17N3O3. The molecule has 19 heavy (non-hydrogen) atoms. The van der Waals surface area contributed by atoms with E-state index in [0.717, 1.165) is 10.9 Å². The normalized spacial score (nSPS) is 12.6. The highest BCUT2D eigenvalue weighted by Crippen LogP contribution is 2.16. The molecule has 0 bridgehead atoms.